The van der Waals surface area contributed by atoms with Crippen molar-refractivity contribution in [2.45, 2.75) is 25.3 Å². The predicted octanol–water partition coefficient (Wildman–Crippen LogP) is 3.06. The number of amides is 2. The van der Waals surface area contributed by atoms with Crippen LogP contribution >= 0.6 is 0 Å². The number of nitrogens with one attached hydrogen (secondary N) is 1. The van der Waals surface area contributed by atoms with E-state index in [0.29, 0.717) is 19.5 Å². The summed E-state index contributed by atoms with van der Waals surface area (Å²) in [4.78, 5) is 14.3. The first-order chi connectivity index (χ1) is 12.2. The minimum absolute atomic E-state index is 0.00230. The van der Waals surface area contributed by atoms with Crippen LogP contribution in [0.2, 0.25) is 0 Å². The molecule has 0 heterocycles. The number of urea groups is 1. The van der Waals surface area contributed by atoms with Gasteiger partial charge in [-0.2, -0.15) is 0 Å². The first-order valence-electron chi connectivity index (χ1n) is 8.66. The van der Waals surface area contributed by atoms with Gasteiger partial charge in [-0.05, 0) is 48.1 Å². The van der Waals surface area contributed by atoms with Crippen molar-refractivity contribution in [3.63, 3.8) is 0 Å². The lowest BCUT2D eigenvalue weighted by Gasteiger charge is -2.29. The Hall–Kier alpha value is -2.40. The SMILES string of the molecule is O=C(NCCc1cccc(F)c1)N(CCO)C1CCc2ccccc21. The molecule has 2 aromatic rings. The molecule has 1 atom stereocenters. The van der Waals surface area contributed by atoms with Gasteiger partial charge in [0.15, 0.2) is 0 Å². The van der Waals surface area contributed by atoms with Crippen molar-refractivity contribution in [1.82, 2.24) is 10.2 Å². The van der Waals surface area contributed by atoms with Gasteiger partial charge in [-0.3, -0.25) is 0 Å². The molecule has 5 heteroatoms. The largest absolute Gasteiger partial charge is 0.395 e. The maximum absolute atomic E-state index is 13.2. The van der Waals surface area contributed by atoms with E-state index in [2.05, 4.69) is 17.4 Å². The molecule has 4 nitrogen and oxygen atoms in total. The van der Waals surface area contributed by atoms with E-state index in [1.807, 2.05) is 18.2 Å². The summed E-state index contributed by atoms with van der Waals surface area (Å²) in [6.45, 7) is 0.652. The zero-order valence-electron chi connectivity index (χ0n) is 14.1. The average Bonchev–Trinajstić information content (AvgIpc) is 3.03. The Labute approximate surface area is 147 Å². The van der Waals surface area contributed by atoms with Gasteiger partial charge in [-0.25, -0.2) is 9.18 Å². The minimum Gasteiger partial charge on any atom is -0.395 e. The predicted molar refractivity (Wildman–Crippen MR) is 94.8 cm³/mol. The number of hydrogen-bond acceptors (Lipinski definition) is 2. The Bertz CT molecular complexity index is 735. The number of halogens is 1. The smallest absolute Gasteiger partial charge is 0.318 e. The van der Waals surface area contributed by atoms with Crippen LogP contribution in [0.4, 0.5) is 9.18 Å². The number of aryl methyl sites for hydroxylation is 1. The molecular weight excluding hydrogens is 319 g/mol. The number of benzene rings is 2. The van der Waals surface area contributed by atoms with Gasteiger partial charge in [0.2, 0.25) is 0 Å². The topological polar surface area (TPSA) is 52.6 Å². The van der Waals surface area contributed by atoms with E-state index >= 15 is 0 Å². The normalized spacial score (nSPS) is 15.7. The van der Waals surface area contributed by atoms with Crippen LogP contribution in [0.1, 0.15) is 29.2 Å². The highest BCUT2D eigenvalue weighted by molar-refractivity contribution is 5.75. The number of carbonyl (C=O) groups excluding carboxylic acids is 1. The number of hydrogen-bond donors (Lipinski definition) is 2. The molecule has 2 amide bonds. The second-order valence-corrected chi connectivity index (χ2v) is 6.28. The van der Waals surface area contributed by atoms with Gasteiger partial charge < -0.3 is 15.3 Å². The van der Waals surface area contributed by atoms with Crippen LogP contribution in [0.5, 0.6) is 0 Å². The van der Waals surface area contributed by atoms with Crippen LogP contribution in [0.15, 0.2) is 48.5 Å². The quantitative estimate of drug-likeness (QED) is 0.848. The number of fused-ring (bicyclic) bond motifs is 1. The number of carbonyl (C=O) groups is 1. The van der Waals surface area contributed by atoms with Crippen molar-refractivity contribution in [3.05, 3.63) is 71.0 Å². The van der Waals surface area contributed by atoms with Gasteiger partial charge >= 0.3 is 6.03 Å². The molecule has 0 saturated carbocycles. The zero-order valence-corrected chi connectivity index (χ0v) is 14.1. The van der Waals surface area contributed by atoms with Crippen molar-refractivity contribution >= 4 is 6.03 Å². The van der Waals surface area contributed by atoms with Crippen LogP contribution in [-0.4, -0.2) is 35.7 Å². The summed E-state index contributed by atoms with van der Waals surface area (Å²) in [5.74, 6) is -0.270. The third kappa shape index (κ3) is 4.17. The summed E-state index contributed by atoms with van der Waals surface area (Å²) in [5.41, 5.74) is 3.28. The van der Waals surface area contributed by atoms with Gasteiger partial charge in [0.05, 0.1) is 12.6 Å². The van der Waals surface area contributed by atoms with E-state index in [1.165, 1.54) is 17.7 Å². The molecule has 1 aliphatic rings. The molecule has 2 aromatic carbocycles. The number of nitrogens with zero attached hydrogens (tertiary/aromatic N) is 1. The Kier molecular flexibility index (Phi) is 5.66. The molecule has 3 rings (SSSR count). The molecule has 1 unspecified atom stereocenters. The molecule has 132 valence electrons. The van der Waals surface area contributed by atoms with Gasteiger partial charge in [0, 0.05) is 13.1 Å². The average molecular weight is 342 g/mol. The second-order valence-electron chi connectivity index (χ2n) is 6.28. The third-order valence-corrected chi connectivity index (χ3v) is 4.66. The van der Waals surface area contributed by atoms with Crippen molar-refractivity contribution in [2.75, 3.05) is 19.7 Å². The monoisotopic (exact) mass is 342 g/mol. The minimum atomic E-state index is -0.270. The fourth-order valence-corrected chi connectivity index (χ4v) is 3.47. The summed E-state index contributed by atoms with van der Waals surface area (Å²) in [7, 11) is 0. The van der Waals surface area contributed by atoms with Gasteiger partial charge in [-0.1, -0.05) is 36.4 Å². The highest BCUT2D eigenvalue weighted by Gasteiger charge is 2.30. The lowest BCUT2D eigenvalue weighted by atomic mass is 10.1. The lowest BCUT2D eigenvalue weighted by Crippen LogP contribution is -2.43. The van der Waals surface area contributed by atoms with Crippen LogP contribution in [0.3, 0.4) is 0 Å². The van der Waals surface area contributed by atoms with Crippen LogP contribution in [0, 0.1) is 5.82 Å². The van der Waals surface area contributed by atoms with E-state index < -0.39 is 0 Å². The highest BCUT2D eigenvalue weighted by atomic mass is 19.1. The van der Waals surface area contributed by atoms with E-state index in [4.69, 9.17) is 0 Å². The molecule has 25 heavy (non-hydrogen) atoms. The van der Waals surface area contributed by atoms with Gasteiger partial charge in [0.1, 0.15) is 5.82 Å². The summed E-state index contributed by atoms with van der Waals surface area (Å²) in [6, 6.07) is 14.3. The molecule has 0 fully saturated rings. The molecular formula is C20H23FN2O2. The third-order valence-electron chi connectivity index (χ3n) is 4.66. The zero-order chi connectivity index (χ0) is 17.6. The molecule has 0 aliphatic heterocycles. The number of aliphatic hydroxyl groups is 1. The molecule has 0 aromatic heterocycles. The van der Waals surface area contributed by atoms with Crippen molar-refractivity contribution in [2.24, 2.45) is 0 Å². The lowest BCUT2D eigenvalue weighted by molar-refractivity contribution is 0.151. The number of aliphatic hydroxyl groups excluding tert-OH is 1. The standard InChI is InChI=1S/C20H23FN2O2/c21-17-6-3-4-15(14-17)10-11-22-20(25)23(12-13-24)19-9-8-16-5-1-2-7-18(16)19/h1-7,14,19,24H,8-13H2,(H,22,25). The van der Waals surface area contributed by atoms with Crippen LogP contribution < -0.4 is 5.32 Å². The fraction of sp³-hybridized carbons (Fsp3) is 0.350. The van der Waals surface area contributed by atoms with Gasteiger partial charge in [-0.15, -0.1) is 0 Å². The molecule has 2 N–H and O–H groups in total. The van der Waals surface area contributed by atoms with E-state index in [1.54, 1.807) is 11.0 Å². The van der Waals surface area contributed by atoms with Crippen molar-refractivity contribution < 1.29 is 14.3 Å². The molecule has 0 radical (unpaired) electrons. The van der Waals surface area contributed by atoms with Gasteiger partial charge in [0.25, 0.3) is 0 Å². The van der Waals surface area contributed by atoms with Crippen LogP contribution in [-0.2, 0) is 12.8 Å². The summed E-state index contributed by atoms with van der Waals surface area (Å²) >= 11 is 0. The Balaban J connectivity index is 1.62. The number of rotatable bonds is 6. The maximum atomic E-state index is 13.2. The van der Waals surface area contributed by atoms with Crippen molar-refractivity contribution in [3.8, 4) is 0 Å². The Morgan fingerprint density at radius 1 is 1.24 bits per heavy atom. The van der Waals surface area contributed by atoms with E-state index in [-0.39, 0.29) is 24.5 Å². The van der Waals surface area contributed by atoms with Crippen LogP contribution in [0.25, 0.3) is 0 Å². The summed E-state index contributed by atoms with van der Waals surface area (Å²) in [6.07, 6.45) is 2.38. The summed E-state index contributed by atoms with van der Waals surface area (Å²) < 4.78 is 13.2. The molecule has 0 spiro atoms. The van der Waals surface area contributed by atoms with E-state index in [9.17, 15) is 14.3 Å². The second kappa shape index (κ2) is 8.12. The molecule has 1 aliphatic carbocycles. The molecule has 0 saturated heterocycles. The Morgan fingerprint density at radius 2 is 2.08 bits per heavy atom. The maximum Gasteiger partial charge on any atom is 0.318 e. The molecule has 0 bridgehead atoms. The fourth-order valence-electron chi connectivity index (χ4n) is 3.47. The first-order valence-corrected chi connectivity index (χ1v) is 8.66. The van der Waals surface area contributed by atoms with E-state index in [0.717, 1.165) is 24.0 Å². The first kappa shape index (κ1) is 17.4. The highest BCUT2D eigenvalue weighted by Crippen LogP contribution is 2.35. The van der Waals surface area contributed by atoms with Crippen molar-refractivity contribution in [1.29, 1.82) is 0 Å². The summed E-state index contributed by atoms with van der Waals surface area (Å²) in [5, 5.41) is 12.3. The Morgan fingerprint density at radius 3 is 2.88 bits per heavy atom.